The van der Waals surface area contributed by atoms with Gasteiger partial charge < -0.3 is 20.1 Å². The maximum absolute atomic E-state index is 5.66. The Morgan fingerprint density at radius 2 is 1.84 bits per heavy atom. The minimum atomic E-state index is 0.623. The lowest BCUT2D eigenvalue weighted by molar-refractivity contribution is 0.310. The van der Waals surface area contributed by atoms with E-state index in [1.165, 1.54) is 16.5 Å². The second-order valence-corrected chi connectivity index (χ2v) is 7.19. The number of hydrogen-bond donors (Lipinski definition) is 2. The molecule has 0 amide bonds. The van der Waals surface area contributed by atoms with Crippen LogP contribution in [0.15, 0.2) is 59.7 Å². The summed E-state index contributed by atoms with van der Waals surface area (Å²) in [6, 6.07) is 16.5. The van der Waals surface area contributed by atoms with Crippen molar-refractivity contribution < 1.29 is 9.47 Å². The highest BCUT2D eigenvalue weighted by molar-refractivity contribution is 5.82. The Bertz CT molecular complexity index is 998. The first-order chi connectivity index (χ1) is 15.2. The lowest BCUT2D eigenvalue weighted by atomic mass is 10.1. The van der Waals surface area contributed by atoms with Crippen LogP contribution in [-0.2, 0) is 12.8 Å². The van der Waals surface area contributed by atoms with Crippen molar-refractivity contribution in [3.05, 3.63) is 65.9 Å². The quantitative estimate of drug-likeness (QED) is 0.295. The summed E-state index contributed by atoms with van der Waals surface area (Å²) in [5.41, 5.74) is 3.55. The molecule has 0 bridgehead atoms. The van der Waals surface area contributed by atoms with E-state index in [2.05, 4.69) is 57.0 Å². The van der Waals surface area contributed by atoms with Crippen LogP contribution >= 0.6 is 0 Å². The molecule has 0 radical (unpaired) electrons. The minimum absolute atomic E-state index is 0.623. The predicted molar refractivity (Wildman–Crippen MR) is 127 cm³/mol. The van der Waals surface area contributed by atoms with Gasteiger partial charge in [-0.15, -0.1) is 0 Å². The van der Waals surface area contributed by atoms with E-state index in [1.54, 1.807) is 14.2 Å². The monoisotopic (exact) mass is 420 g/mol. The van der Waals surface area contributed by atoms with Crippen molar-refractivity contribution in [2.75, 3.05) is 33.9 Å². The van der Waals surface area contributed by atoms with Gasteiger partial charge in [0.05, 0.1) is 19.2 Å². The van der Waals surface area contributed by atoms with Crippen molar-refractivity contribution in [3.8, 4) is 11.5 Å². The highest BCUT2D eigenvalue weighted by Crippen LogP contribution is 2.28. The molecule has 0 unspecified atom stereocenters. The zero-order chi connectivity index (χ0) is 21.9. The van der Waals surface area contributed by atoms with E-state index in [0.717, 1.165) is 55.3 Å². The van der Waals surface area contributed by atoms with Crippen molar-refractivity contribution >= 4 is 16.9 Å². The van der Waals surface area contributed by atoms with E-state index >= 15 is 0 Å². The molecule has 0 saturated carbocycles. The van der Waals surface area contributed by atoms with Crippen LogP contribution in [0.3, 0.4) is 0 Å². The molecule has 2 N–H and O–H groups in total. The molecule has 6 nitrogen and oxygen atoms in total. The third-order valence-corrected chi connectivity index (χ3v) is 5.09. The SMILES string of the molecule is CCOc1cc(CCCNC(=NC)NCCc2cccc3cccnc23)ccc1OC. The summed E-state index contributed by atoms with van der Waals surface area (Å²) < 4.78 is 11.0. The number of rotatable bonds is 10. The molecule has 0 atom stereocenters. The van der Waals surface area contributed by atoms with Crippen LogP contribution in [0.25, 0.3) is 10.9 Å². The summed E-state index contributed by atoms with van der Waals surface area (Å²) in [4.78, 5) is 8.86. The Hall–Kier alpha value is -3.28. The number of benzene rings is 2. The average Bonchev–Trinajstić information content (AvgIpc) is 2.81. The fourth-order valence-electron chi connectivity index (χ4n) is 3.55. The largest absolute Gasteiger partial charge is 0.493 e. The molecule has 164 valence electrons. The number of nitrogens with zero attached hydrogens (tertiary/aromatic N) is 2. The van der Waals surface area contributed by atoms with E-state index in [0.29, 0.717) is 6.61 Å². The number of pyridine rings is 1. The molecule has 0 aliphatic rings. The standard InChI is InChI=1S/C25H32N4O2/c1-4-31-23-18-19(12-13-22(23)30-3)8-6-16-28-25(26-2)29-17-14-21-10-5-9-20-11-7-15-27-24(20)21/h5,7,9-13,15,18H,4,6,8,14,16-17H2,1-3H3,(H2,26,28,29). The number of methoxy groups -OCH3 is 1. The van der Waals surface area contributed by atoms with Gasteiger partial charge in [-0.25, -0.2) is 0 Å². The molecule has 2 aromatic carbocycles. The van der Waals surface area contributed by atoms with Gasteiger partial charge in [0.1, 0.15) is 0 Å². The number of nitrogens with one attached hydrogen (secondary N) is 2. The molecule has 1 heterocycles. The molecule has 0 spiro atoms. The zero-order valence-electron chi connectivity index (χ0n) is 18.6. The second-order valence-electron chi connectivity index (χ2n) is 7.19. The number of ether oxygens (including phenoxy) is 2. The third-order valence-electron chi connectivity index (χ3n) is 5.09. The molecule has 1 aromatic heterocycles. The first-order valence-electron chi connectivity index (χ1n) is 10.8. The Morgan fingerprint density at radius 3 is 2.65 bits per heavy atom. The van der Waals surface area contributed by atoms with Crippen LogP contribution in [0, 0.1) is 0 Å². The van der Waals surface area contributed by atoms with E-state index in [9.17, 15) is 0 Å². The zero-order valence-corrected chi connectivity index (χ0v) is 18.6. The maximum atomic E-state index is 5.66. The summed E-state index contributed by atoms with van der Waals surface area (Å²) in [5.74, 6) is 2.39. The van der Waals surface area contributed by atoms with Crippen molar-refractivity contribution in [2.45, 2.75) is 26.2 Å². The lowest BCUT2D eigenvalue weighted by Gasteiger charge is -2.13. The summed E-state index contributed by atoms with van der Waals surface area (Å²) in [7, 11) is 3.46. The van der Waals surface area contributed by atoms with E-state index in [1.807, 2.05) is 25.3 Å². The highest BCUT2D eigenvalue weighted by atomic mass is 16.5. The van der Waals surface area contributed by atoms with Crippen LogP contribution in [0.2, 0.25) is 0 Å². The topological polar surface area (TPSA) is 67.8 Å². The minimum Gasteiger partial charge on any atom is -0.493 e. The van der Waals surface area contributed by atoms with Gasteiger partial charge in [-0.1, -0.05) is 30.3 Å². The van der Waals surface area contributed by atoms with Gasteiger partial charge >= 0.3 is 0 Å². The first kappa shape index (κ1) is 22.4. The predicted octanol–water partition coefficient (Wildman–Crippen LogP) is 3.98. The molecule has 0 aliphatic carbocycles. The number of aryl methyl sites for hydroxylation is 1. The van der Waals surface area contributed by atoms with E-state index in [-0.39, 0.29) is 0 Å². The Kier molecular flexibility index (Phi) is 8.52. The van der Waals surface area contributed by atoms with Crippen molar-refractivity contribution in [2.24, 2.45) is 4.99 Å². The number of fused-ring (bicyclic) bond motifs is 1. The van der Waals surface area contributed by atoms with Gasteiger partial charge in [-0.3, -0.25) is 9.98 Å². The van der Waals surface area contributed by atoms with Gasteiger partial charge in [-0.2, -0.15) is 0 Å². The van der Waals surface area contributed by atoms with Crippen LogP contribution < -0.4 is 20.1 Å². The lowest BCUT2D eigenvalue weighted by Crippen LogP contribution is -2.38. The van der Waals surface area contributed by atoms with Gasteiger partial charge in [0.25, 0.3) is 0 Å². The number of aliphatic imine (C=N–C) groups is 1. The molecular weight excluding hydrogens is 388 g/mol. The van der Waals surface area contributed by atoms with E-state index in [4.69, 9.17) is 9.47 Å². The number of aromatic nitrogens is 1. The number of guanidine groups is 1. The maximum Gasteiger partial charge on any atom is 0.190 e. The van der Waals surface area contributed by atoms with Crippen molar-refractivity contribution in [3.63, 3.8) is 0 Å². The van der Waals surface area contributed by atoms with Crippen LogP contribution in [0.1, 0.15) is 24.5 Å². The normalized spacial score (nSPS) is 11.4. The second kappa shape index (κ2) is 11.8. The Balaban J connectivity index is 1.43. The van der Waals surface area contributed by atoms with Crippen LogP contribution in [0.5, 0.6) is 11.5 Å². The molecule has 3 rings (SSSR count). The Morgan fingerprint density at radius 1 is 1.00 bits per heavy atom. The van der Waals surface area contributed by atoms with Crippen LogP contribution in [0.4, 0.5) is 0 Å². The summed E-state index contributed by atoms with van der Waals surface area (Å²) in [5, 5.41) is 7.96. The van der Waals surface area contributed by atoms with Crippen LogP contribution in [-0.4, -0.2) is 44.8 Å². The van der Waals surface area contributed by atoms with Gasteiger partial charge in [-0.05, 0) is 55.5 Å². The summed E-state index contributed by atoms with van der Waals surface area (Å²) in [6.45, 7) is 4.24. The molecule has 3 aromatic rings. The summed E-state index contributed by atoms with van der Waals surface area (Å²) in [6.07, 6.45) is 4.68. The number of hydrogen-bond acceptors (Lipinski definition) is 4. The van der Waals surface area contributed by atoms with Gasteiger partial charge in [0.2, 0.25) is 0 Å². The molecule has 6 heteroatoms. The third kappa shape index (κ3) is 6.35. The average molecular weight is 421 g/mol. The highest BCUT2D eigenvalue weighted by Gasteiger charge is 2.06. The van der Waals surface area contributed by atoms with E-state index < -0.39 is 0 Å². The molecule has 31 heavy (non-hydrogen) atoms. The number of para-hydroxylation sites is 1. The van der Waals surface area contributed by atoms with Crippen molar-refractivity contribution in [1.29, 1.82) is 0 Å². The summed E-state index contributed by atoms with van der Waals surface area (Å²) >= 11 is 0. The van der Waals surface area contributed by atoms with Crippen molar-refractivity contribution in [1.82, 2.24) is 15.6 Å². The molecule has 0 fully saturated rings. The fraction of sp³-hybridized carbons (Fsp3) is 0.360. The molecule has 0 saturated heterocycles. The van der Waals surface area contributed by atoms with Gasteiger partial charge in [0, 0.05) is 31.7 Å². The molecular formula is C25H32N4O2. The first-order valence-corrected chi connectivity index (χ1v) is 10.8. The smallest absolute Gasteiger partial charge is 0.190 e. The van der Waals surface area contributed by atoms with Gasteiger partial charge in [0.15, 0.2) is 17.5 Å². The Labute approximate surface area is 184 Å². The molecule has 0 aliphatic heterocycles. The fourth-order valence-corrected chi connectivity index (χ4v) is 3.55.